The van der Waals surface area contributed by atoms with Crippen molar-refractivity contribution in [3.63, 3.8) is 0 Å². The van der Waals surface area contributed by atoms with E-state index in [1.54, 1.807) is 0 Å². The van der Waals surface area contributed by atoms with Gasteiger partial charge in [-0.2, -0.15) is 12.6 Å². The van der Waals surface area contributed by atoms with Crippen molar-refractivity contribution >= 4 is 28.6 Å². The van der Waals surface area contributed by atoms with Gasteiger partial charge in [-0.15, -0.1) is 0 Å². The second-order valence-electron chi connectivity index (χ2n) is 0.991. The van der Waals surface area contributed by atoms with E-state index in [0.29, 0.717) is 0 Å². The molecule has 0 aromatic rings. The van der Waals surface area contributed by atoms with E-state index in [2.05, 4.69) is 28.6 Å². The number of alkyl halides is 1. The van der Waals surface area contributed by atoms with Gasteiger partial charge in [0.15, 0.2) is 0 Å². The Morgan fingerprint density at radius 1 is 1.83 bits per heavy atom. The van der Waals surface area contributed by atoms with E-state index in [4.69, 9.17) is 5.11 Å². The van der Waals surface area contributed by atoms with Gasteiger partial charge in [0.05, 0.1) is 6.61 Å². The molecule has 0 rings (SSSR count). The quantitative estimate of drug-likeness (QED) is 0.462. The summed E-state index contributed by atoms with van der Waals surface area (Å²) in [6.45, 7) is 0.147. The highest BCUT2D eigenvalue weighted by molar-refractivity contribution is 9.09. The summed E-state index contributed by atoms with van der Waals surface area (Å²) in [5.41, 5.74) is 0. The SMILES string of the molecule is OCC(S)CBr. The van der Waals surface area contributed by atoms with Crippen molar-refractivity contribution < 1.29 is 5.11 Å². The van der Waals surface area contributed by atoms with Crippen molar-refractivity contribution in [3.05, 3.63) is 0 Å². The number of hydrogen-bond acceptors (Lipinski definition) is 2. The molecule has 0 aliphatic rings. The van der Waals surface area contributed by atoms with E-state index in [1.807, 2.05) is 0 Å². The molecule has 0 saturated carbocycles. The molecular weight excluding hydrogens is 164 g/mol. The van der Waals surface area contributed by atoms with Crippen LogP contribution in [0.1, 0.15) is 0 Å². The molecule has 0 fully saturated rings. The zero-order chi connectivity index (χ0) is 4.99. The van der Waals surface area contributed by atoms with Crippen molar-refractivity contribution in [1.82, 2.24) is 0 Å². The minimum Gasteiger partial charge on any atom is -0.395 e. The van der Waals surface area contributed by atoms with Crippen LogP contribution in [0.5, 0.6) is 0 Å². The van der Waals surface area contributed by atoms with E-state index in [1.165, 1.54) is 0 Å². The van der Waals surface area contributed by atoms with Gasteiger partial charge in [-0.1, -0.05) is 15.9 Å². The summed E-state index contributed by atoms with van der Waals surface area (Å²) in [6, 6.07) is 0. The first-order chi connectivity index (χ1) is 2.81. The summed E-state index contributed by atoms with van der Waals surface area (Å²) >= 11 is 7.07. The van der Waals surface area contributed by atoms with Crippen molar-refractivity contribution in [1.29, 1.82) is 0 Å². The molecule has 0 amide bonds. The number of halogens is 1. The third kappa shape index (κ3) is 3.00. The van der Waals surface area contributed by atoms with Crippen molar-refractivity contribution in [2.45, 2.75) is 5.25 Å². The van der Waals surface area contributed by atoms with Gasteiger partial charge in [0, 0.05) is 10.6 Å². The van der Waals surface area contributed by atoms with Gasteiger partial charge in [-0.3, -0.25) is 0 Å². The van der Waals surface area contributed by atoms with E-state index in [9.17, 15) is 0 Å². The van der Waals surface area contributed by atoms with Gasteiger partial charge >= 0.3 is 0 Å². The van der Waals surface area contributed by atoms with E-state index in [0.717, 1.165) is 5.33 Å². The lowest BCUT2D eigenvalue weighted by atomic mass is 10.5. The second kappa shape index (κ2) is 3.96. The maximum absolute atomic E-state index is 8.23. The third-order valence-electron chi connectivity index (χ3n) is 0.389. The van der Waals surface area contributed by atoms with Crippen LogP contribution >= 0.6 is 28.6 Å². The zero-order valence-corrected chi connectivity index (χ0v) is 5.74. The predicted molar refractivity (Wildman–Crippen MR) is 33.7 cm³/mol. The third-order valence-corrected chi connectivity index (χ3v) is 2.02. The first kappa shape index (κ1) is 6.79. The monoisotopic (exact) mass is 170 g/mol. The molecule has 0 aliphatic heterocycles. The van der Waals surface area contributed by atoms with Crippen LogP contribution in [0, 0.1) is 0 Å². The minimum absolute atomic E-state index is 0.102. The average molecular weight is 171 g/mol. The summed E-state index contributed by atoms with van der Waals surface area (Å²) in [7, 11) is 0. The van der Waals surface area contributed by atoms with Crippen LogP contribution in [0.4, 0.5) is 0 Å². The molecule has 1 N–H and O–H groups in total. The van der Waals surface area contributed by atoms with Crippen molar-refractivity contribution in [2.75, 3.05) is 11.9 Å². The maximum atomic E-state index is 8.23. The highest BCUT2D eigenvalue weighted by atomic mass is 79.9. The topological polar surface area (TPSA) is 20.2 Å². The molecule has 1 atom stereocenters. The Bertz CT molecular complexity index is 30.0. The lowest BCUT2D eigenvalue weighted by molar-refractivity contribution is 0.302. The molecule has 38 valence electrons. The van der Waals surface area contributed by atoms with Gasteiger partial charge in [0.2, 0.25) is 0 Å². The number of thiol groups is 1. The highest BCUT2D eigenvalue weighted by Crippen LogP contribution is 1.95. The van der Waals surface area contributed by atoms with Crippen LogP contribution in [-0.2, 0) is 0 Å². The van der Waals surface area contributed by atoms with E-state index >= 15 is 0 Å². The van der Waals surface area contributed by atoms with Crippen LogP contribution in [0.25, 0.3) is 0 Å². The van der Waals surface area contributed by atoms with Crippen molar-refractivity contribution in [2.24, 2.45) is 0 Å². The van der Waals surface area contributed by atoms with Gasteiger partial charge in [0.25, 0.3) is 0 Å². The highest BCUT2D eigenvalue weighted by Gasteiger charge is 1.92. The Morgan fingerprint density at radius 2 is 2.33 bits per heavy atom. The summed E-state index contributed by atoms with van der Waals surface area (Å²) in [4.78, 5) is 0. The number of hydrogen-bond donors (Lipinski definition) is 2. The second-order valence-corrected chi connectivity index (χ2v) is 2.37. The Balaban J connectivity index is 2.75. The lowest BCUT2D eigenvalue weighted by Crippen LogP contribution is -2.04. The zero-order valence-electron chi connectivity index (χ0n) is 3.26. The van der Waals surface area contributed by atoms with Crippen LogP contribution < -0.4 is 0 Å². The molecule has 0 aromatic carbocycles. The molecule has 0 spiro atoms. The van der Waals surface area contributed by atoms with Crippen molar-refractivity contribution in [3.8, 4) is 0 Å². The van der Waals surface area contributed by atoms with Gasteiger partial charge in [-0.25, -0.2) is 0 Å². The summed E-state index contributed by atoms with van der Waals surface area (Å²) < 4.78 is 0. The molecule has 0 heterocycles. The largest absolute Gasteiger partial charge is 0.395 e. The molecule has 0 radical (unpaired) electrons. The fraction of sp³-hybridized carbons (Fsp3) is 1.00. The van der Waals surface area contributed by atoms with Crippen LogP contribution in [0.2, 0.25) is 0 Å². The number of aliphatic hydroxyl groups is 1. The fourth-order valence-corrected chi connectivity index (χ4v) is 0.254. The van der Waals surface area contributed by atoms with E-state index in [-0.39, 0.29) is 11.9 Å². The van der Waals surface area contributed by atoms with Crippen LogP contribution in [0.3, 0.4) is 0 Å². The van der Waals surface area contributed by atoms with Crippen LogP contribution in [0.15, 0.2) is 0 Å². The number of rotatable bonds is 2. The first-order valence-electron chi connectivity index (χ1n) is 1.66. The van der Waals surface area contributed by atoms with Gasteiger partial charge in [-0.05, 0) is 0 Å². The van der Waals surface area contributed by atoms with E-state index < -0.39 is 0 Å². The molecule has 1 nitrogen and oxygen atoms in total. The molecule has 1 unspecified atom stereocenters. The first-order valence-corrected chi connectivity index (χ1v) is 3.30. The van der Waals surface area contributed by atoms with Gasteiger partial charge in [0.1, 0.15) is 0 Å². The summed E-state index contributed by atoms with van der Waals surface area (Å²) in [6.07, 6.45) is 0. The molecular formula is C3H7BrOS. The standard InChI is InChI=1S/C3H7BrOS/c4-1-3(6)2-5/h3,5-6H,1-2H2. The molecule has 0 aromatic heterocycles. The van der Waals surface area contributed by atoms with Gasteiger partial charge < -0.3 is 5.11 Å². The molecule has 0 bridgehead atoms. The Labute approximate surface area is 51.3 Å². The molecule has 0 saturated heterocycles. The summed E-state index contributed by atoms with van der Waals surface area (Å²) in [5.74, 6) is 0. The molecule has 3 heteroatoms. The predicted octanol–water partition coefficient (Wildman–Crippen LogP) is 0.672. The smallest absolute Gasteiger partial charge is 0.0555 e. The Hall–Kier alpha value is 0.790. The molecule has 6 heavy (non-hydrogen) atoms. The molecule has 0 aliphatic carbocycles. The number of aliphatic hydroxyl groups excluding tert-OH is 1. The van der Waals surface area contributed by atoms with Crippen LogP contribution in [-0.4, -0.2) is 22.3 Å². The maximum Gasteiger partial charge on any atom is 0.0555 e. The average Bonchev–Trinajstić information content (AvgIpc) is 1.65. The Kier molecular flexibility index (Phi) is 4.48. The normalized spacial score (nSPS) is 14.5. The Morgan fingerprint density at radius 3 is 2.33 bits per heavy atom. The summed E-state index contributed by atoms with van der Waals surface area (Å²) in [5, 5.41) is 9.09. The lowest BCUT2D eigenvalue weighted by Gasteiger charge is -1.95. The fourth-order valence-electron chi connectivity index (χ4n) is 0.0488. The minimum atomic E-state index is 0.102.